The zero-order valence-electron chi connectivity index (χ0n) is 11.6. The summed E-state index contributed by atoms with van der Waals surface area (Å²) in [6.45, 7) is 2.58. The Morgan fingerprint density at radius 3 is 2.95 bits per heavy atom. The first-order valence-corrected chi connectivity index (χ1v) is 7.07. The fourth-order valence-corrected chi connectivity index (χ4v) is 3.39. The van der Waals surface area contributed by atoms with E-state index in [1.165, 1.54) is 6.42 Å². The summed E-state index contributed by atoms with van der Waals surface area (Å²) in [6, 6.07) is 6.94. The minimum atomic E-state index is 0.175. The molecule has 19 heavy (non-hydrogen) atoms. The molecule has 4 nitrogen and oxygen atoms in total. The first-order valence-electron chi connectivity index (χ1n) is 7.07. The van der Waals surface area contributed by atoms with E-state index in [0.29, 0.717) is 18.6 Å². The lowest BCUT2D eigenvalue weighted by molar-refractivity contribution is -0.135. The number of rotatable bonds is 3. The monoisotopic (exact) mass is 259 g/mol. The van der Waals surface area contributed by atoms with Crippen LogP contribution in [0.4, 0.5) is 0 Å². The summed E-state index contributed by atoms with van der Waals surface area (Å²) in [5.74, 6) is 0.441. The molecule has 2 saturated heterocycles. The van der Waals surface area contributed by atoms with E-state index in [2.05, 4.69) is 10.3 Å². The standard InChI is InChI=1S/C15H21N3O/c1-10-4-3-5-12(16-10)9-18(2)15(19)13-8-11-6-7-14(13)17-11/h3-5,11,13-14,17H,6-9H2,1-2H3. The third-order valence-electron chi connectivity index (χ3n) is 4.34. The second-order valence-corrected chi connectivity index (χ2v) is 5.85. The van der Waals surface area contributed by atoms with Crippen molar-refractivity contribution in [2.24, 2.45) is 5.92 Å². The van der Waals surface area contributed by atoms with E-state index in [1.807, 2.05) is 37.1 Å². The third kappa shape index (κ3) is 2.50. The molecule has 0 radical (unpaired) electrons. The fourth-order valence-electron chi connectivity index (χ4n) is 3.39. The summed E-state index contributed by atoms with van der Waals surface area (Å²) in [5.41, 5.74) is 1.96. The van der Waals surface area contributed by atoms with Gasteiger partial charge in [-0.3, -0.25) is 9.78 Å². The van der Waals surface area contributed by atoms with Gasteiger partial charge < -0.3 is 10.2 Å². The van der Waals surface area contributed by atoms with Crippen molar-refractivity contribution in [1.82, 2.24) is 15.2 Å². The molecule has 3 rings (SSSR count). The van der Waals surface area contributed by atoms with Crippen molar-refractivity contribution < 1.29 is 4.79 Å². The predicted octanol–water partition coefficient (Wildman–Crippen LogP) is 1.49. The molecule has 102 valence electrons. The SMILES string of the molecule is Cc1cccc(CN(C)C(=O)C2CC3CCC2N3)n1. The van der Waals surface area contributed by atoms with E-state index < -0.39 is 0 Å². The van der Waals surface area contributed by atoms with Crippen molar-refractivity contribution in [2.45, 2.75) is 44.8 Å². The van der Waals surface area contributed by atoms with Gasteiger partial charge in [0.25, 0.3) is 0 Å². The zero-order chi connectivity index (χ0) is 13.4. The van der Waals surface area contributed by atoms with Gasteiger partial charge in [0.2, 0.25) is 5.91 Å². The Hall–Kier alpha value is -1.42. The van der Waals surface area contributed by atoms with Gasteiger partial charge in [-0.1, -0.05) is 6.07 Å². The molecule has 1 aromatic heterocycles. The highest BCUT2D eigenvalue weighted by Gasteiger charge is 2.43. The largest absolute Gasteiger partial charge is 0.340 e. The van der Waals surface area contributed by atoms with E-state index in [4.69, 9.17) is 0 Å². The smallest absolute Gasteiger partial charge is 0.227 e. The Kier molecular flexibility index (Phi) is 3.27. The highest BCUT2D eigenvalue weighted by Crippen LogP contribution is 2.34. The van der Waals surface area contributed by atoms with Gasteiger partial charge in [-0.15, -0.1) is 0 Å². The van der Waals surface area contributed by atoms with Gasteiger partial charge >= 0.3 is 0 Å². The van der Waals surface area contributed by atoms with Crippen molar-refractivity contribution in [3.05, 3.63) is 29.6 Å². The molecule has 1 amide bonds. The van der Waals surface area contributed by atoms with Crippen molar-refractivity contribution in [1.29, 1.82) is 0 Å². The predicted molar refractivity (Wildman–Crippen MR) is 73.5 cm³/mol. The highest BCUT2D eigenvalue weighted by molar-refractivity contribution is 5.80. The molecule has 3 atom stereocenters. The quantitative estimate of drug-likeness (QED) is 0.894. The number of pyridine rings is 1. The van der Waals surface area contributed by atoms with Crippen LogP contribution in [-0.4, -0.2) is 34.9 Å². The van der Waals surface area contributed by atoms with Gasteiger partial charge in [0.05, 0.1) is 18.2 Å². The van der Waals surface area contributed by atoms with Crippen LogP contribution < -0.4 is 5.32 Å². The molecule has 1 aromatic rings. The van der Waals surface area contributed by atoms with Gasteiger partial charge in [-0.05, 0) is 38.3 Å². The maximum atomic E-state index is 12.5. The minimum absolute atomic E-state index is 0.175. The maximum Gasteiger partial charge on any atom is 0.227 e. The molecular formula is C15H21N3O. The molecule has 2 aliphatic heterocycles. The van der Waals surface area contributed by atoms with Crippen LogP contribution in [0.2, 0.25) is 0 Å². The average molecular weight is 259 g/mol. The Bertz CT molecular complexity index is 488. The van der Waals surface area contributed by atoms with E-state index in [1.54, 1.807) is 0 Å². The number of hydrogen-bond acceptors (Lipinski definition) is 3. The second kappa shape index (κ2) is 4.93. The summed E-state index contributed by atoms with van der Waals surface area (Å²) in [5, 5.41) is 3.52. The summed E-state index contributed by atoms with van der Waals surface area (Å²) in [6.07, 6.45) is 3.39. The Morgan fingerprint density at radius 1 is 1.47 bits per heavy atom. The first kappa shape index (κ1) is 12.6. The number of amides is 1. The van der Waals surface area contributed by atoms with E-state index >= 15 is 0 Å². The zero-order valence-corrected chi connectivity index (χ0v) is 11.6. The number of hydrogen-bond donors (Lipinski definition) is 1. The first-order chi connectivity index (χ1) is 9.13. The van der Waals surface area contributed by atoms with Crippen LogP contribution in [0.25, 0.3) is 0 Å². The van der Waals surface area contributed by atoms with Crippen LogP contribution in [0.1, 0.15) is 30.7 Å². The minimum Gasteiger partial charge on any atom is -0.340 e. The van der Waals surface area contributed by atoms with Gasteiger partial charge in [-0.2, -0.15) is 0 Å². The number of aromatic nitrogens is 1. The molecule has 2 bridgehead atoms. The molecule has 3 heterocycles. The molecule has 3 unspecified atom stereocenters. The van der Waals surface area contributed by atoms with Crippen molar-refractivity contribution in [2.75, 3.05) is 7.05 Å². The maximum absolute atomic E-state index is 12.5. The van der Waals surface area contributed by atoms with Crippen LogP contribution in [0.3, 0.4) is 0 Å². The average Bonchev–Trinajstić information content (AvgIpc) is 3.00. The normalized spacial score (nSPS) is 28.6. The van der Waals surface area contributed by atoms with Crippen LogP contribution in [0.15, 0.2) is 18.2 Å². The lowest BCUT2D eigenvalue weighted by atomic mass is 9.88. The van der Waals surface area contributed by atoms with E-state index in [9.17, 15) is 4.79 Å². The van der Waals surface area contributed by atoms with Gasteiger partial charge in [-0.25, -0.2) is 0 Å². The lowest BCUT2D eigenvalue weighted by Crippen LogP contribution is -2.38. The Balaban J connectivity index is 1.64. The van der Waals surface area contributed by atoms with Crippen LogP contribution >= 0.6 is 0 Å². The Morgan fingerprint density at radius 2 is 2.32 bits per heavy atom. The highest BCUT2D eigenvalue weighted by atomic mass is 16.2. The van der Waals surface area contributed by atoms with Gasteiger partial charge in [0.1, 0.15) is 0 Å². The molecular weight excluding hydrogens is 238 g/mol. The summed E-state index contributed by atoms with van der Waals surface area (Å²) in [7, 11) is 1.89. The third-order valence-corrected chi connectivity index (χ3v) is 4.34. The van der Waals surface area contributed by atoms with Crippen LogP contribution in [0, 0.1) is 12.8 Å². The van der Waals surface area contributed by atoms with Crippen LogP contribution in [-0.2, 0) is 11.3 Å². The van der Waals surface area contributed by atoms with Gasteiger partial charge in [0.15, 0.2) is 0 Å². The molecule has 0 saturated carbocycles. The van der Waals surface area contributed by atoms with Gasteiger partial charge in [0, 0.05) is 24.8 Å². The Labute approximate surface area is 114 Å². The molecule has 2 fully saturated rings. The summed E-state index contributed by atoms with van der Waals surface area (Å²) in [4.78, 5) is 18.8. The molecule has 1 N–H and O–H groups in total. The second-order valence-electron chi connectivity index (χ2n) is 5.85. The number of nitrogens with zero attached hydrogens (tertiary/aromatic N) is 2. The van der Waals surface area contributed by atoms with Crippen molar-refractivity contribution in [3.63, 3.8) is 0 Å². The molecule has 0 aromatic carbocycles. The molecule has 4 heteroatoms. The lowest BCUT2D eigenvalue weighted by Gasteiger charge is -2.25. The number of carbonyl (C=O) groups is 1. The van der Waals surface area contributed by atoms with E-state index in [0.717, 1.165) is 24.2 Å². The van der Waals surface area contributed by atoms with Crippen molar-refractivity contribution in [3.8, 4) is 0 Å². The van der Waals surface area contributed by atoms with Crippen molar-refractivity contribution >= 4 is 5.91 Å². The number of fused-ring (bicyclic) bond motifs is 2. The number of nitrogens with one attached hydrogen (secondary N) is 1. The van der Waals surface area contributed by atoms with Crippen LogP contribution in [0.5, 0.6) is 0 Å². The molecule has 0 aliphatic carbocycles. The van der Waals surface area contributed by atoms with E-state index in [-0.39, 0.29) is 11.8 Å². The summed E-state index contributed by atoms with van der Waals surface area (Å²) >= 11 is 0. The molecule has 2 aliphatic rings. The topological polar surface area (TPSA) is 45.2 Å². The molecule has 0 spiro atoms. The number of carbonyl (C=O) groups excluding carboxylic acids is 1. The fraction of sp³-hybridized carbons (Fsp3) is 0.600. The summed E-state index contributed by atoms with van der Waals surface area (Å²) < 4.78 is 0. The number of aryl methyl sites for hydroxylation is 1.